The number of benzene rings is 1. The van der Waals surface area contributed by atoms with Crippen molar-refractivity contribution in [1.82, 2.24) is 5.32 Å². The zero-order valence-corrected chi connectivity index (χ0v) is 13.2. The van der Waals surface area contributed by atoms with Gasteiger partial charge in [0.2, 0.25) is 0 Å². The molecular weight excluding hydrogens is 290 g/mol. The number of halogens is 1. The van der Waals surface area contributed by atoms with Gasteiger partial charge in [-0.2, -0.15) is 0 Å². The molecule has 1 aliphatic rings. The zero-order valence-electron chi connectivity index (χ0n) is 12.5. The van der Waals surface area contributed by atoms with Crippen LogP contribution in [0.2, 0.25) is 5.02 Å². The number of aliphatic hydroxyl groups excluding tert-OH is 1. The Labute approximate surface area is 131 Å². The van der Waals surface area contributed by atoms with E-state index in [1.165, 1.54) is 0 Å². The van der Waals surface area contributed by atoms with E-state index >= 15 is 0 Å². The Kier molecular flexibility index (Phi) is 6.77. The second-order valence-corrected chi connectivity index (χ2v) is 5.87. The molecule has 2 rings (SSSR count). The lowest BCUT2D eigenvalue weighted by Crippen LogP contribution is -2.35. The highest BCUT2D eigenvalue weighted by Gasteiger charge is 2.25. The van der Waals surface area contributed by atoms with E-state index in [0.29, 0.717) is 18.2 Å². The molecule has 1 aromatic carbocycles. The fraction of sp³-hybridized carbons (Fsp3) is 0.625. The molecule has 0 amide bonds. The molecule has 0 heterocycles. The maximum absolute atomic E-state index is 10.0. The summed E-state index contributed by atoms with van der Waals surface area (Å²) in [7, 11) is 1.68. The number of rotatable bonds is 7. The summed E-state index contributed by atoms with van der Waals surface area (Å²) in [4.78, 5) is 0. The lowest BCUT2D eigenvalue weighted by Gasteiger charge is -2.29. The van der Waals surface area contributed by atoms with E-state index in [0.717, 1.165) is 43.5 Å². The van der Waals surface area contributed by atoms with Crippen molar-refractivity contribution in [1.29, 1.82) is 0 Å². The molecule has 2 atom stereocenters. The van der Waals surface area contributed by atoms with Gasteiger partial charge in [-0.05, 0) is 37.5 Å². The van der Waals surface area contributed by atoms with Crippen molar-refractivity contribution in [3.63, 3.8) is 0 Å². The summed E-state index contributed by atoms with van der Waals surface area (Å²) in [5.74, 6) is 0.801. The Morgan fingerprint density at radius 3 is 2.90 bits per heavy atom. The van der Waals surface area contributed by atoms with Crippen LogP contribution in [0.5, 0.6) is 5.75 Å². The third-order valence-corrected chi connectivity index (χ3v) is 4.00. The highest BCUT2D eigenvalue weighted by atomic mass is 35.5. The molecule has 0 bridgehead atoms. The molecule has 0 spiro atoms. The lowest BCUT2D eigenvalue weighted by molar-refractivity contribution is 0.00635. The SMILES string of the molecule is COCCNCc1cc(Cl)ccc1OC1CCCCC1O. The molecule has 0 radical (unpaired) electrons. The Hall–Kier alpha value is -0.810. The highest BCUT2D eigenvalue weighted by molar-refractivity contribution is 6.30. The predicted octanol–water partition coefficient (Wildman–Crippen LogP) is 2.76. The number of hydrogen-bond acceptors (Lipinski definition) is 4. The molecule has 21 heavy (non-hydrogen) atoms. The molecule has 0 aliphatic heterocycles. The fourth-order valence-electron chi connectivity index (χ4n) is 2.58. The summed E-state index contributed by atoms with van der Waals surface area (Å²) < 4.78 is 11.0. The van der Waals surface area contributed by atoms with Crippen molar-refractivity contribution >= 4 is 11.6 Å². The molecule has 2 unspecified atom stereocenters. The molecule has 1 aromatic rings. The van der Waals surface area contributed by atoms with Gasteiger partial charge in [0.25, 0.3) is 0 Å². The molecule has 1 aliphatic carbocycles. The van der Waals surface area contributed by atoms with E-state index in [9.17, 15) is 5.11 Å². The van der Waals surface area contributed by atoms with Gasteiger partial charge in [-0.1, -0.05) is 18.0 Å². The molecule has 1 fully saturated rings. The van der Waals surface area contributed by atoms with Crippen LogP contribution in [-0.2, 0) is 11.3 Å². The molecule has 4 nitrogen and oxygen atoms in total. The van der Waals surface area contributed by atoms with Crippen molar-refractivity contribution in [2.75, 3.05) is 20.3 Å². The van der Waals surface area contributed by atoms with E-state index in [2.05, 4.69) is 5.32 Å². The summed E-state index contributed by atoms with van der Waals surface area (Å²) >= 11 is 6.07. The van der Waals surface area contributed by atoms with Gasteiger partial charge in [0.15, 0.2) is 0 Å². The summed E-state index contributed by atoms with van der Waals surface area (Å²) in [6.45, 7) is 2.11. The van der Waals surface area contributed by atoms with Crippen LogP contribution in [0.1, 0.15) is 31.2 Å². The first-order valence-corrected chi connectivity index (χ1v) is 7.91. The van der Waals surface area contributed by atoms with Crippen molar-refractivity contribution in [2.45, 2.75) is 44.4 Å². The van der Waals surface area contributed by atoms with Gasteiger partial charge in [0.1, 0.15) is 11.9 Å². The minimum Gasteiger partial charge on any atom is -0.487 e. The minimum absolute atomic E-state index is 0.113. The van der Waals surface area contributed by atoms with E-state index < -0.39 is 0 Å². The lowest BCUT2D eigenvalue weighted by atomic mass is 9.95. The van der Waals surface area contributed by atoms with Crippen molar-refractivity contribution in [2.24, 2.45) is 0 Å². The Bertz CT molecular complexity index is 442. The van der Waals surface area contributed by atoms with Crippen LogP contribution >= 0.6 is 11.6 Å². The number of nitrogens with one attached hydrogen (secondary N) is 1. The van der Waals surface area contributed by atoms with Gasteiger partial charge in [0, 0.05) is 30.8 Å². The topological polar surface area (TPSA) is 50.7 Å². The van der Waals surface area contributed by atoms with Crippen LogP contribution in [0.25, 0.3) is 0 Å². The van der Waals surface area contributed by atoms with Crippen molar-refractivity contribution in [3.05, 3.63) is 28.8 Å². The normalized spacial score (nSPS) is 22.2. The van der Waals surface area contributed by atoms with Crippen LogP contribution in [0.3, 0.4) is 0 Å². The maximum atomic E-state index is 10.0. The number of ether oxygens (including phenoxy) is 2. The van der Waals surface area contributed by atoms with Gasteiger partial charge in [-0.15, -0.1) is 0 Å². The van der Waals surface area contributed by atoms with E-state index in [1.807, 2.05) is 18.2 Å². The summed E-state index contributed by atoms with van der Waals surface area (Å²) in [6, 6.07) is 5.62. The third kappa shape index (κ3) is 5.15. The molecule has 118 valence electrons. The van der Waals surface area contributed by atoms with Crippen LogP contribution in [0, 0.1) is 0 Å². The van der Waals surface area contributed by atoms with Crippen molar-refractivity contribution < 1.29 is 14.6 Å². The summed E-state index contributed by atoms with van der Waals surface area (Å²) in [5, 5.41) is 14.0. The molecule has 1 saturated carbocycles. The average Bonchev–Trinajstić information content (AvgIpc) is 2.48. The average molecular weight is 314 g/mol. The minimum atomic E-state index is -0.372. The number of methoxy groups -OCH3 is 1. The van der Waals surface area contributed by atoms with Gasteiger partial charge < -0.3 is 19.9 Å². The molecule has 0 saturated heterocycles. The van der Waals surface area contributed by atoms with Gasteiger partial charge in [0.05, 0.1) is 12.7 Å². The zero-order chi connectivity index (χ0) is 15.1. The smallest absolute Gasteiger partial charge is 0.124 e. The molecule has 2 N–H and O–H groups in total. The first kappa shape index (κ1) is 16.6. The number of hydrogen-bond donors (Lipinski definition) is 2. The quantitative estimate of drug-likeness (QED) is 0.760. The maximum Gasteiger partial charge on any atom is 0.124 e. The Balaban J connectivity index is 2.00. The summed E-state index contributed by atoms with van der Waals surface area (Å²) in [6.07, 6.45) is 3.42. The van der Waals surface area contributed by atoms with Gasteiger partial charge in [-0.25, -0.2) is 0 Å². The van der Waals surface area contributed by atoms with E-state index in [-0.39, 0.29) is 12.2 Å². The van der Waals surface area contributed by atoms with Gasteiger partial charge in [-0.3, -0.25) is 0 Å². The largest absolute Gasteiger partial charge is 0.487 e. The second kappa shape index (κ2) is 8.59. The van der Waals surface area contributed by atoms with E-state index in [4.69, 9.17) is 21.1 Å². The predicted molar refractivity (Wildman–Crippen MR) is 83.9 cm³/mol. The second-order valence-electron chi connectivity index (χ2n) is 5.43. The monoisotopic (exact) mass is 313 g/mol. The molecule has 0 aromatic heterocycles. The number of aliphatic hydroxyl groups is 1. The van der Waals surface area contributed by atoms with Gasteiger partial charge >= 0.3 is 0 Å². The van der Waals surface area contributed by atoms with Crippen molar-refractivity contribution in [3.8, 4) is 5.75 Å². The van der Waals surface area contributed by atoms with Crippen LogP contribution < -0.4 is 10.1 Å². The molecule has 5 heteroatoms. The Morgan fingerprint density at radius 2 is 2.14 bits per heavy atom. The summed E-state index contributed by atoms with van der Waals surface area (Å²) in [5.41, 5.74) is 1.01. The first-order chi connectivity index (χ1) is 10.2. The first-order valence-electron chi connectivity index (χ1n) is 7.53. The third-order valence-electron chi connectivity index (χ3n) is 3.77. The van der Waals surface area contributed by atoms with Crippen LogP contribution in [0.4, 0.5) is 0 Å². The van der Waals surface area contributed by atoms with E-state index in [1.54, 1.807) is 7.11 Å². The van der Waals surface area contributed by atoms with Crippen LogP contribution in [-0.4, -0.2) is 37.6 Å². The standard InChI is InChI=1S/C16H24ClNO3/c1-20-9-8-18-11-12-10-13(17)6-7-15(12)21-16-5-3-2-4-14(16)19/h6-7,10,14,16,18-19H,2-5,8-9,11H2,1H3. The molecular formula is C16H24ClNO3. The van der Waals surface area contributed by atoms with Crippen LogP contribution in [0.15, 0.2) is 18.2 Å². The fourth-order valence-corrected chi connectivity index (χ4v) is 2.77. The highest BCUT2D eigenvalue weighted by Crippen LogP contribution is 2.28. The Morgan fingerprint density at radius 1 is 1.33 bits per heavy atom.